The minimum absolute atomic E-state index is 0.121. The molecule has 3 rings (SSSR count). The maximum absolute atomic E-state index is 12.7. The summed E-state index contributed by atoms with van der Waals surface area (Å²) in [6.45, 7) is 4.37. The molecule has 0 bridgehead atoms. The number of rotatable bonds is 4. The van der Waals surface area contributed by atoms with Gasteiger partial charge in [0, 0.05) is 31.8 Å². The summed E-state index contributed by atoms with van der Waals surface area (Å²) in [5.74, 6) is 0.959. The molecular weight excluding hydrogens is 326 g/mol. The highest BCUT2D eigenvalue weighted by Crippen LogP contribution is 2.31. The van der Waals surface area contributed by atoms with Crippen LogP contribution in [0.4, 0.5) is 0 Å². The Kier molecular flexibility index (Phi) is 4.56. The van der Waals surface area contributed by atoms with E-state index in [2.05, 4.69) is 10.1 Å². The summed E-state index contributed by atoms with van der Waals surface area (Å²) in [4.78, 5) is 42.3. The number of aromatic nitrogens is 4. The number of nitrogens with zero attached hydrogens (tertiary/aromatic N) is 5. The van der Waals surface area contributed by atoms with Gasteiger partial charge in [0.1, 0.15) is 6.54 Å². The molecule has 0 N–H and O–H groups in total. The van der Waals surface area contributed by atoms with Crippen LogP contribution in [0.2, 0.25) is 0 Å². The van der Waals surface area contributed by atoms with Crippen LogP contribution in [0.5, 0.6) is 0 Å². The van der Waals surface area contributed by atoms with Crippen molar-refractivity contribution in [3.8, 4) is 0 Å². The first-order valence-electron chi connectivity index (χ1n) is 8.28. The Bertz CT molecular complexity index is 894. The topological polar surface area (TPSA) is 103 Å². The Hall–Kier alpha value is -2.71. The SMILES string of the molecule is CC(C)c1nc([C@H]2CCCN2C(=O)Cn2ccc(=O)n(C)c2=O)no1. The molecule has 2 aromatic rings. The van der Waals surface area contributed by atoms with E-state index < -0.39 is 11.2 Å². The molecule has 25 heavy (non-hydrogen) atoms. The molecule has 9 heteroatoms. The van der Waals surface area contributed by atoms with Crippen LogP contribution in [0, 0.1) is 0 Å². The van der Waals surface area contributed by atoms with E-state index in [0.717, 1.165) is 17.4 Å². The van der Waals surface area contributed by atoms with Crippen LogP contribution < -0.4 is 11.2 Å². The normalized spacial score (nSPS) is 17.4. The lowest BCUT2D eigenvalue weighted by Gasteiger charge is -2.22. The molecule has 1 aliphatic rings. The molecule has 1 amide bonds. The maximum Gasteiger partial charge on any atom is 0.331 e. The summed E-state index contributed by atoms with van der Waals surface area (Å²) in [6.07, 6.45) is 2.94. The average molecular weight is 347 g/mol. The van der Waals surface area contributed by atoms with Gasteiger partial charge in [0.2, 0.25) is 11.8 Å². The van der Waals surface area contributed by atoms with Crippen molar-refractivity contribution in [1.29, 1.82) is 0 Å². The first kappa shape index (κ1) is 17.1. The zero-order chi connectivity index (χ0) is 18.1. The number of likely N-dealkylation sites (tertiary alicyclic amines) is 1. The summed E-state index contributed by atoms with van der Waals surface area (Å²) in [5.41, 5.74) is -0.918. The molecular formula is C16H21N5O4. The molecule has 1 saturated heterocycles. The lowest BCUT2D eigenvalue weighted by atomic mass is 10.2. The van der Waals surface area contributed by atoms with Gasteiger partial charge in [-0.2, -0.15) is 4.98 Å². The fraction of sp³-hybridized carbons (Fsp3) is 0.562. The summed E-state index contributed by atoms with van der Waals surface area (Å²) in [6, 6.07) is 1.02. The zero-order valence-electron chi connectivity index (χ0n) is 14.5. The van der Waals surface area contributed by atoms with Crippen molar-refractivity contribution in [3.63, 3.8) is 0 Å². The molecule has 0 aliphatic carbocycles. The molecule has 1 atom stereocenters. The highest BCUT2D eigenvalue weighted by molar-refractivity contribution is 5.76. The Balaban J connectivity index is 1.80. The number of amides is 1. The third-order valence-corrected chi connectivity index (χ3v) is 4.39. The predicted molar refractivity (Wildman–Crippen MR) is 88.0 cm³/mol. The minimum atomic E-state index is -0.516. The Morgan fingerprint density at radius 3 is 2.84 bits per heavy atom. The second-order valence-electron chi connectivity index (χ2n) is 6.51. The molecule has 1 aliphatic heterocycles. The summed E-state index contributed by atoms with van der Waals surface area (Å²) < 4.78 is 7.45. The van der Waals surface area contributed by atoms with Gasteiger partial charge in [-0.1, -0.05) is 19.0 Å². The summed E-state index contributed by atoms with van der Waals surface area (Å²) in [5, 5.41) is 4.01. The number of hydrogen-bond acceptors (Lipinski definition) is 6. The smallest absolute Gasteiger partial charge is 0.331 e. The van der Waals surface area contributed by atoms with E-state index in [1.807, 2.05) is 13.8 Å². The van der Waals surface area contributed by atoms with Crippen LogP contribution >= 0.6 is 0 Å². The van der Waals surface area contributed by atoms with Crippen molar-refractivity contribution in [2.75, 3.05) is 6.54 Å². The Labute approximate surface area is 143 Å². The minimum Gasteiger partial charge on any atom is -0.339 e. The molecule has 2 aromatic heterocycles. The van der Waals surface area contributed by atoms with E-state index in [9.17, 15) is 14.4 Å². The number of carbonyl (C=O) groups is 1. The van der Waals surface area contributed by atoms with Crippen molar-refractivity contribution in [1.82, 2.24) is 24.2 Å². The van der Waals surface area contributed by atoms with Crippen molar-refractivity contribution >= 4 is 5.91 Å². The molecule has 1 fully saturated rings. The molecule has 0 radical (unpaired) electrons. The highest BCUT2D eigenvalue weighted by Gasteiger charge is 2.33. The van der Waals surface area contributed by atoms with Gasteiger partial charge >= 0.3 is 5.69 Å². The van der Waals surface area contributed by atoms with Crippen LogP contribution in [0.25, 0.3) is 0 Å². The van der Waals surface area contributed by atoms with Gasteiger partial charge in [-0.3, -0.25) is 18.7 Å². The standard InChI is InChI=1S/C16H21N5O4/c1-10(2)15-17-14(18-25-15)11-5-4-7-21(11)13(23)9-20-8-6-12(22)19(3)16(20)24/h6,8,10-11H,4-5,7,9H2,1-3H3/t11-/m1/s1. The molecule has 0 spiro atoms. The monoisotopic (exact) mass is 347 g/mol. The van der Waals surface area contributed by atoms with Gasteiger partial charge in [0.25, 0.3) is 5.56 Å². The van der Waals surface area contributed by atoms with Gasteiger partial charge in [0.05, 0.1) is 6.04 Å². The maximum atomic E-state index is 12.7. The largest absolute Gasteiger partial charge is 0.339 e. The molecule has 0 unspecified atom stereocenters. The fourth-order valence-corrected chi connectivity index (χ4v) is 2.92. The van der Waals surface area contributed by atoms with Crippen molar-refractivity contribution in [2.24, 2.45) is 7.05 Å². The first-order valence-corrected chi connectivity index (χ1v) is 8.28. The van der Waals surface area contributed by atoms with E-state index in [-0.39, 0.29) is 24.4 Å². The Morgan fingerprint density at radius 2 is 2.16 bits per heavy atom. The van der Waals surface area contributed by atoms with Gasteiger partial charge < -0.3 is 9.42 Å². The lowest BCUT2D eigenvalue weighted by Crippen LogP contribution is -2.41. The third-order valence-electron chi connectivity index (χ3n) is 4.39. The highest BCUT2D eigenvalue weighted by atomic mass is 16.5. The molecule has 134 valence electrons. The van der Waals surface area contributed by atoms with E-state index in [4.69, 9.17) is 4.52 Å². The van der Waals surface area contributed by atoms with Crippen molar-refractivity contribution < 1.29 is 9.32 Å². The summed E-state index contributed by atoms with van der Waals surface area (Å²) >= 11 is 0. The van der Waals surface area contributed by atoms with E-state index >= 15 is 0 Å². The van der Waals surface area contributed by atoms with E-state index in [1.54, 1.807) is 4.90 Å². The first-order chi connectivity index (χ1) is 11.9. The van der Waals surface area contributed by atoms with Gasteiger partial charge in [0.15, 0.2) is 5.82 Å². The number of carbonyl (C=O) groups excluding carboxylic acids is 1. The average Bonchev–Trinajstić information content (AvgIpc) is 3.23. The number of hydrogen-bond donors (Lipinski definition) is 0. The van der Waals surface area contributed by atoms with Crippen molar-refractivity contribution in [3.05, 3.63) is 44.8 Å². The van der Waals surface area contributed by atoms with E-state index in [1.165, 1.54) is 23.9 Å². The fourth-order valence-electron chi connectivity index (χ4n) is 2.92. The van der Waals surface area contributed by atoms with Crippen LogP contribution in [0.3, 0.4) is 0 Å². The Morgan fingerprint density at radius 1 is 1.40 bits per heavy atom. The molecule has 0 saturated carbocycles. The van der Waals surface area contributed by atoms with Crippen LogP contribution in [-0.2, 0) is 18.4 Å². The second-order valence-corrected chi connectivity index (χ2v) is 6.51. The second kappa shape index (κ2) is 6.66. The van der Waals surface area contributed by atoms with Gasteiger partial charge in [-0.25, -0.2) is 4.79 Å². The molecule has 3 heterocycles. The third kappa shape index (κ3) is 3.26. The van der Waals surface area contributed by atoms with Crippen LogP contribution in [0.1, 0.15) is 50.4 Å². The molecule has 9 nitrogen and oxygen atoms in total. The zero-order valence-corrected chi connectivity index (χ0v) is 14.5. The predicted octanol–water partition coefficient (Wildman–Crippen LogP) is 0.417. The lowest BCUT2D eigenvalue weighted by molar-refractivity contribution is -0.133. The quantitative estimate of drug-likeness (QED) is 0.794. The van der Waals surface area contributed by atoms with E-state index in [0.29, 0.717) is 18.3 Å². The van der Waals surface area contributed by atoms with Gasteiger partial charge in [-0.05, 0) is 12.8 Å². The molecule has 0 aromatic carbocycles. The van der Waals surface area contributed by atoms with Gasteiger partial charge in [-0.15, -0.1) is 0 Å². The summed E-state index contributed by atoms with van der Waals surface area (Å²) in [7, 11) is 1.39. The van der Waals surface area contributed by atoms with Crippen LogP contribution in [0.15, 0.2) is 26.4 Å². The van der Waals surface area contributed by atoms with Crippen LogP contribution in [-0.4, -0.2) is 36.6 Å². The van der Waals surface area contributed by atoms with Crippen molar-refractivity contribution in [2.45, 2.75) is 45.2 Å².